The Morgan fingerprint density at radius 1 is 1.46 bits per heavy atom. The number of hydrogen-bond acceptors (Lipinski definition) is 1. The first-order valence-electron chi connectivity index (χ1n) is 4.06. The van der Waals surface area contributed by atoms with Crippen LogP contribution in [0.25, 0.3) is 0 Å². The molecule has 0 unspecified atom stereocenters. The largest absolute Gasteiger partial charge is 0.312 e. The van der Waals surface area contributed by atoms with E-state index in [0.29, 0.717) is 0 Å². The third-order valence-corrected chi connectivity index (χ3v) is 3.47. The molecule has 0 amide bonds. The summed E-state index contributed by atoms with van der Waals surface area (Å²) >= 11 is 7.95. The van der Waals surface area contributed by atoms with Crippen LogP contribution in [0, 0.1) is 9.39 Å². The first-order chi connectivity index (χ1) is 6.20. The van der Waals surface area contributed by atoms with Gasteiger partial charge in [0.15, 0.2) is 0 Å². The highest BCUT2D eigenvalue weighted by molar-refractivity contribution is 14.1. The van der Waals surface area contributed by atoms with Crippen molar-refractivity contribution in [2.24, 2.45) is 0 Å². The van der Waals surface area contributed by atoms with Gasteiger partial charge in [-0.3, -0.25) is 0 Å². The molecule has 1 N–H and O–H groups in total. The molecule has 1 nitrogen and oxygen atoms in total. The van der Waals surface area contributed by atoms with Crippen LogP contribution in [-0.4, -0.2) is 6.54 Å². The zero-order valence-electron chi connectivity index (χ0n) is 6.83. The minimum Gasteiger partial charge on any atom is -0.312 e. The maximum absolute atomic E-state index is 13.5. The smallest absolute Gasteiger partial charge is 0.145 e. The van der Waals surface area contributed by atoms with Gasteiger partial charge in [-0.15, -0.1) is 0 Å². The normalized spacial score (nSPS) is 15.6. The number of rotatable bonds is 0. The van der Waals surface area contributed by atoms with E-state index >= 15 is 0 Å². The lowest BCUT2D eigenvalue weighted by Gasteiger charge is -2.19. The zero-order chi connectivity index (χ0) is 9.42. The molecule has 2 rings (SSSR count). The van der Waals surface area contributed by atoms with Crippen LogP contribution < -0.4 is 5.32 Å². The maximum atomic E-state index is 13.5. The number of halogens is 3. The van der Waals surface area contributed by atoms with Crippen molar-refractivity contribution in [3.05, 3.63) is 31.6 Å². The molecule has 0 aliphatic carbocycles. The van der Waals surface area contributed by atoms with Gasteiger partial charge in [-0.25, -0.2) is 4.39 Å². The summed E-state index contributed by atoms with van der Waals surface area (Å²) in [5, 5.41) is 3.45. The van der Waals surface area contributed by atoms with E-state index < -0.39 is 0 Å². The molecule has 13 heavy (non-hydrogen) atoms. The minimum atomic E-state index is -0.237. The van der Waals surface area contributed by atoms with Gasteiger partial charge in [0.05, 0.1) is 5.02 Å². The second kappa shape index (κ2) is 3.71. The van der Waals surface area contributed by atoms with Crippen LogP contribution >= 0.6 is 34.2 Å². The van der Waals surface area contributed by atoms with E-state index in [0.717, 1.165) is 34.2 Å². The van der Waals surface area contributed by atoms with Crippen LogP contribution in [0.2, 0.25) is 5.02 Å². The number of hydrogen-bond donors (Lipinski definition) is 1. The van der Waals surface area contributed by atoms with Gasteiger partial charge in [-0.05, 0) is 52.7 Å². The fourth-order valence-corrected chi connectivity index (χ4v) is 2.80. The third kappa shape index (κ3) is 1.69. The molecule has 0 atom stereocenters. The average Bonchev–Trinajstić information content (AvgIpc) is 2.15. The quantitative estimate of drug-likeness (QED) is 0.574. The molecule has 0 radical (unpaired) electrons. The van der Waals surface area contributed by atoms with Crippen molar-refractivity contribution in [3.8, 4) is 0 Å². The third-order valence-electron chi connectivity index (χ3n) is 2.23. The molecule has 1 aromatic carbocycles. The van der Waals surface area contributed by atoms with Gasteiger partial charge in [0.1, 0.15) is 5.82 Å². The monoisotopic (exact) mass is 311 g/mol. The highest BCUT2D eigenvalue weighted by Crippen LogP contribution is 2.28. The SMILES string of the molecule is Fc1c(Cl)cc(I)c2c1CCNC2. The van der Waals surface area contributed by atoms with Crippen LogP contribution in [0.4, 0.5) is 4.39 Å². The zero-order valence-corrected chi connectivity index (χ0v) is 9.75. The summed E-state index contributed by atoms with van der Waals surface area (Å²) in [5.41, 5.74) is 1.85. The molecule has 0 saturated heterocycles. The van der Waals surface area contributed by atoms with Crippen LogP contribution in [0.15, 0.2) is 6.07 Å². The van der Waals surface area contributed by atoms with E-state index in [2.05, 4.69) is 27.9 Å². The fourth-order valence-electron chi connectivity index (χ4n) is 1.56. The van der Waals surface area contributed by atoms with Crippen molar-refractivity contribution in [1.82, 2.24) is 5.32 Å². The van der Waals surface area contributed by atoms with E-state index in [4.69, 9.17) is 11.6 Å². The van der Waals surface area contributed by atoms with Crippen LogP contribution in [-0.2, 0) is 13.0 Å². The number of benzene rings is 1. The van der Waals surface area contributed by atoms with Crippen LogP contribution in [0.3, 0.4) is 0 Å². The molecule has 1 aliphatic heterocycles. The maximum Gasteiger partial charge on any atom is 0.145 e. The summed E-state index contributed by atoms with van der Waals surface area (Å²) in [5.74, 6) is -0.237. The Morgan fingerprint density at radius 3 is 3.00 bits per heavy atom. The van der Waals surface area contributed by atoms with Gasteiger partial charge < -0.3 is 5.32 Å². The van der Waals surface area contributed by atoms with Gasteiger partial charge in [-0.1, -0.05) is 11.6 Å². The van der Waals surface area contributed by atoms with Crippen LogP contribution in [0.1, 0.15) is 11.1 Å². The standard InChI is InChI=1S/C9H8ClFIN/c10-7-3-8(12)6-4-13-2-1-5(6)9(7)11/h3,13H,1-2,4H2. The topological polar surface area (TPSA) is 12.0 Å². The molecule has 0 bridgehead atoms. The fraction of sp³-hybridized carbons (Fsp3) is 0.333. The summed E-state index contributed by atoms with van der Waals surface area (Å²) in [7, 11) is 0. The Kier molecular flexibility index (Phi) is 2.76. The van der Waals surface area contributed by atoms with Crippen molar-refractivity contribution in [1.29, 1.82) is 0 Å². The second-order valence-corrected chi connectivity index (χ2v) is 4.61. The summed E-state index contributed by atoms with van der Waals surface area (Å²) in [6.45, 7) is 1.59. The summed E-state index contributed by atoms with van der Waals surface area (Å²) in [6, 6.07) is 1.68. The van der Waals surface area contributed by atoms with Crippen LogP contribution in [0.5, 0.6) is 0 Å². The minimum absolute atomic E-state index is 0.237. The van der Waals surface area contributed by atoms with E-state index in [1.807, 2.05) is 0 Å². The molecule has 0 spiro atoms. The molecular weight excluding hydrogens is 303 g/mol. The van der Waals surface area contributed by atoms with Crippen molar-refractivity contribution in [2.75, 3.05) is 6.54 Å². The van der Waals surface area contributed by atoms with Gasteiger partial charge in [0, 0.05) is 10.1 Å². The van der Waals surface area contributed by atoms with Gasteiger partial charge in [0.2, 0.25) is 0 Å². The van der Waals surface area contributed by atoms with Gasteiger partial charge in [-0.2, -0.15) is 0 Å². The average molecular weight is 312 g/mol. The Morgan fingerprint density at radius 2 is 2.23 bits per heavy atom. The predicted molar refractivity (Wildman–Crippen MR) is 59.5 cm³/mol. The molecular formula is C9H8ClFIN. The molecule has 70 valence electrons. The van der Waals surface area contributed by atoms with Gasteiger partial charge in [0.25, 0.3) is 0 Å². The van der Waals surface area contributed by atoms with E-state index in [1.165, 1.54) is 0 Å². The first-order valence-corrected chi connectivity index (χ1v) is 5.52. The van der Waals surface area contributed by atoms with Gasteiger partial charge >= 0.3 is 0 Å². The Bertz CT molecular complexity index is 354. The number of nitrogens with one attached hydrogen (secondary N) is 1. The first kappa shape index (κ1) is 9.68. The highest BCUT2D eigenvalue weighted by Gasteiger charge is 2.18. The van der Waals surface area contributed by atoms with Crippen molar-refractivity contribution >= 4 is 34.2 Å². The Hall–Kier alpha value is 0.130. The van der Waals surface area contributed by atoms with E-state index in [1.54, 1.807) is 6.07 Å². The Balaban J connectivity index is 2.63. The predicted octanol–water partition coefficient (Wildman–Crippen LogP) is 2.73. The summed E-state index contributed by atoms with van der Waals surface area (Å²) < 4.78 is 14.5. The summed E-state index contributed by atoms with van der Waals surface area (Å²) in [6.07, 6.45) is 0.734. The second-order valence-electron chi connectivity index (χ2n) is 3.04. The molecule has 1 aromatic rings. The lowest BCUT2D eigenvalue weighted by Crippen LogP contribution is -2.25. The number of fused-ring (bicyclic) bond motifs is 1. The molecule has 1 aliphatic rings. The summed E-state index contributed by atoms with van der Waals surface area (Å²) in [4.78, 5) is 0. The molecule has 4 heteroatoms. The molecule has 0 saturated carbocycles. The lowest BCUT2D eigenvalue weighted by molar-refractivity contribution is 0.567. The molecule has 1 heterocycles. The van der Waals surface area contributed by atoms with Crippen molar-refractivity contribution < 1.29 is 4.39 Å². The van der Waals surface area contributed by atoms with E-state index in [9.17, 15) is 4.39 Å². The molecule has 0 aromatic heterocycles. The van der Waals surface area contributed by atoms with Crippen molar-refractivity contribution in [2.45, 2.75) is 13.0 Å². The lowest BCUT2D eigenvalue weighted by atomic mass is 10.0. The highest BCUT2D eigenvalue weighted by atomic mass is 127. The molecule has 0 fully saturated rings. The Labute approximate surface area is 94.8 Å². The van der Waals surface area contributed by atoms with E-state index in [-0.39, 0.29) is 10.8 Å². The van der Waals surface area contributed by atoms with Crippen molar-refractivity contribution in [3.63, 3.8) is 0 Å².